The van der Waals surface area contributed by atoms with Gasteiger partial charge in [0.15, 0.2) is 0 Å². The maximum Gasteiger partial charge on any atom is 0.301 e. The fourth-order valence-corrected chi connectivity index (χ4v) is 2.40. The second kappa shape index (κ2) is 7.83. The van der Waals surface area contributed by atoms with Crippen LogP contribution in [0.3, 0.4) is 0 Å². The van der Waals surface area contributed by atoms with Crippen molar-refractivity contribution in [3.8, 4) is 0 Å². The summed E-state index contributed by atoms with van der Waals surface area (Å²) in [4.78, 5) is 24.7. The maximum absolute atomic E-state index is 11.3. The lowest BCUT2D eigenvalue weighted by Crippen LogP contribution is -2.07. The molecule has 0 fully saturated rings. The molecule has 0 aliphatic carbocycles. The van der Waals surface area contributed by atoms with Gasteiger partial charge in [-0.05, 0) is 18.2 Å². The molecule has 134 valence electrons. The first-order chi connectivity index (χ1) is 13.1. The van der Waals surface area contributed by atoms with Crippen LogP contribution in [0.5, 0.6) is 0 Å². The first-order valence-corrected chi connectivity index (χ1v) is 7.78. The summed E-state index contributed by atoms with van der Waals surface area (Å²) < 4.78 is 0. The SMILES string of the molecule is O=[N+]([O-])c1ccc(N/N=C(\c2ccccc2)c2ccncc2)c([N+](=O)[O-])c1. The minimum atomic E-state index is -0.695. The van der Waals surface area contributed by atoms with Gasteiger partial charge in [-0.3, -0.25) is 30.6 Å². The van der Waals surface area contributed by atoms with E-state index >= 15 is 0 Å². The predicted octanol–water partition coefficient (Wildman–Crippen LogP) is 3.76. The largest absolute Gasteiger partial charge is 0.301 e. The van der Waals surface area contributed by atoms with E-state index in [1.165, 1.54) is 12.1 Å². The van der Waals surface area contributed by atoms with Gasteiger partial charge in [0.25, 0.3) is 5.69 Å². The number of hydrogen-bond donors (Lipinski definition) is 1. The van der Waals surface area contributed by atoms with Crippen molar-refractivity contribution in [1.29, 1.82) is 0 Å². The number of nitro benzene ring substituents is 2. The van der Waals surface area contributed by atoms with E-state index in [9.17, 15) is 20.2 Å². The third-order valence-electron chi connectivity index (χ3n) is 3.68. The van der Waals surface area contributed by atoms with E-state index in [0.717, 1.165) is 17.2 Å². The highest BCUT2D eigenvalue weighted by molar-refractivity contribution is 6.13. The number of hydrogen-bond acceptors (Lipinski definition) is 7. The lowest BCUT2D eigenvalue weighted by Gasteiger charge is -2.08. The average molecular weight is 363 g/mol. The van der Waals surface area contributed by atoms with Crippen molar-refractivity contribution in [1.82, 2.24) is 4.98 Å². The predicted molar refractivity (Wildman–Crippen MR) is 99.7 cm³/mol. The summed E-state index contributed by atoms with van der Waals surface area (Å²) in [5.74, 6) is 0. The molecule has 0 bridgehead atoms. The van der Waals surface area contributed by atoms with Crippen molar-refractivity contribution < 1.29 is 9.85 Å². The van der Waals surface area contributed by atoms with Crippen LogP contribution in [-0.4, -0.2) is 20.5 Å². The first-order valence-electron chi connectivity index (χ1n) is 7.78. The summed E-state index contributed by atoms with van der Waals surface area (Å²) in [5, 5.41) is 26.4. The number of rotatable bonds is 6. The Bertz CT molecular complexity index is 965. The molecule has 27 heavy (non-hydrogen) atoms. The molecule has 0 saturated carbocycles. The Morgan fingerprint density at radius 2 is 1.56 bits per heavy atom. The van der Waals surface area contributed by atoms with Gasteiger partial charge in [-0.25, -0.2) is 0 Å². The molecule has 0 unspecified atom stereocenters. The van der Waals surface area contributed by atoms with E-state index in [1.807, 2.05) is 30.3 Å². The third-order valence-corrected chi connectivity index (χ3v) is 3.68. The Labute approximate surface area is 153 Å². The van der Waals surface area contributed by atoms with Crippen LogP contribution in [0, 0.1) is 20.2 Å². The number of anilines is 1. The number of nitro groups is 2. The number of aromatic nitrogens is 1. The Hall–Kier alpha value is -4.14. The Kier molecular flexibility index (Phi) is 5.12. The van der Waals surface area contributed by atoms with E-state index < -0.39 is 15.5 Å². The molecular formula is C18H13N5O4. The van der Waals surface area contributed by atoms with Gasteiger partial charge in [0, 0.05) is 29.6 Å². The lowest BCUT2D eigenvalue weighted by atomic mass is 10.0. The van der Waals surface area contributed by atoms with E-state index in [-0.39, 0.29) is 11.4 Å². The van der Waals surface area contributed by atoms with E-state index in [2.05, 4.69) is 15.5 Å². The van der Waals surface area contributed by atoms with Crippen molar-refractivity contribution >= 4 is 22.8 Å². The number of non-ortho nitro benzene ring substituents is 1. The minimum Gasteiger partial charge on any atom is -0.271 e. The van der Waals surface area contributed by atoms with E-state index in [4.69, 9.17) is 0 Å². The maximum atomic E-state index is 11.3. The summed E-state index contributed by atoms with van der Waals surface area (Å²) in [7, 11) is 0. The highest BCUT2D eigenvalue weighted by Gasteiger charge is 2.19. The monoisotopic (exact) mass is 363 g/mol. The van der Waals surface area contributed by atoms with Gasteiger partial charge in [0.1, 0.15) is 5.69 Å². The quantitative estimate of drug-likeness (QED) is 0.404. The van der Waals surface area contributed by atoms with Crippen LogP contribution in [0.25, 0.3) is 0 Å². The van der Waals surface area contributed by atoms with Gasteiger partial charge >= 0.3 is 5.69 Å². The van der Waals surface area contributed by atoms with Crippen molar-refractivity contribution in [3.05, 3.63) is 104 Å². The van der Waals surface area contributed by atoms with Crippen LogP contribution in [0.4, 0.5) is 17.1 Å². The summed E-state index contributed by atoms with van der Waals surface area (Å²) in [6.07, 6.45) is 3.23. The second-order valence-electron chi connectivity index (χ2n) is 5.39. The Balaban J connectivity index is 2.03. The smallest absolute Gasteiger partial charge is 0.271 e. The van der Waals surface area contributed by atoms with Crippen molar-refractivity contribution in [3.63, 3.8) is 0 Å². The molecule has 1 N–H and O–H groups in total. The minimum absolute atomic E-state index is 0.0492. The molecule has 0 amide bonds. The number of benzene rings is 2. The second-order valence-corrected chi connectivity index (χ2v) is 5.39. The van der Waals surface area contributed by atoms with Crippen LogP contribution < -0.4 is 5.43 Å². The van der Waals surface area contributed by atoms with Crippen LogP contribution >= 0.6 is 0 Å². The number of nitrogens with zero attached hydrogens (tertiary/aromatic N) is 4. The molecular weight excluding hydrogens is 350 g/mol. The van der Waals surface area contributed by atoms with E-state index in [1.54, 1.807) is 24.5 Å². The van der Waals surface area contributed by atoms with Gasteiger partial charge in [0.05, 0.1) is 21.6 Å². The van der Waals surface area contributed by atoms with Gasteiger partial charge in [0.2, 0.25) is 0 Å². The summed E-state index contributed by atoms with van der Waals surface area (Å²) in [5.41, 5.74) is 4.01. The molecule has 0 spiro atoms. The Morgan fingerprint density at radius 3 is 2.19 bits per heavy atom. The summed E-state index contributed by atoms with van der Waals surface area (Å²) >= 11 is 0. The van der Waals surface area contributed by atoms with Crippen LogP contribution in [0.1, 0.15) is 11.1 Å². The number of nitrogens with one attached hydrogen (secondary N) is 1. The lowest BCUT2D eigenvalue weighted by molar-refractivity contribution is -0.393. The van der Waals surface area contributed by atoms with Crippen molar-refractivity contribution in [2.24, 2.45) is 5.10 Å². The normalized spacial score (nSPS) is 11.0. The molecule has 2 aromatic carbocycles. The van der Waals surface area contributed by atoms with Gasteiger partial charge in [-0.2, -0.15) is 5.10 Å². The molecule has 1 aromatic heterocycles. The van der Waals surface area contributed by atoms with Crippen molar-refractivity contribution in [2.45, 2.75) is 0 Å². The molecule has 0 atom stereocenters. The molecule has 0 aliphatic heterocycles. The fourth-order valence-electron chi connectivity index (χ4n) is 2.40. The van der Waals surface area contributed by atoms with Gasteiger partial charge in [-0.1, -0.05) is 30.3 Å². The molecule has 0 saturated heterocycles. The van der Waals surface area contributed by atoms with Gasteiger partial charge < -0.3 is 0 Å². The van der Waals surface area contributed by atoms with Crippen LogP contribution in [0.2, 0.25) is 0 Å². The topological polar surface area (TPSA) is 124 Å². The summed E-state index contributed by atoms with van der Waals surface area (Å²) in [6.45, 7) is 0. The molecule has 9 heteroatoms. The van der Waals surface area contributed by atoms with Crippen molar-refractivity contribution in [2.75, 3.05) is 5.43 Å². The number of pyridine rings is 1. The zero-order valence-corrected chi connectivity index (χ0v) is 13.9. The highest BCUT2D eigenvalue weighted by Crippen LogP contribution is 2.29. The molecule has 9 nitrogen and oxygen atoms in total. The first kappa shape index (κ1) is 17.7. The third kappa shape index (κ3) is 4.10. The standard InChI is InChI=1S/C18H13N5O4/c24-22(25)15-6-7-16(17(12-15)23(26)27)20-21-18(13-4-2-1-3-5-13)14-8-10-19-11-9-14/h1-12,20H/b21-18+. The van der Waals surface area contributed by atoms with E-state index in [0.29, 0.717) is 5.71 Å². The van der Waals surface area contributed by atoms with Crippen LogP contribution in [-0.2, 0) is 0 Å². The Morgan fingerprint density at radius 1 is 0.889 bits per heavy atom. The summed E-state index contributed by atoms with van der Waals surface area (Å²) in [6, 6.07) is 16.1. The molecule has 1 heterocycles. The number of hydrazone groups is 1. The average Bonchev–Trinajstić information content (AvgIpc) is 2.69. The zero-order chi connectivity index (χ0) is 19.2. The highest BCUT2D eigenvalue weighted by atomic mass is 16.6. The van der Waals surface area contributed by atoms with Crippen LogP contribution in [0.15, 0.2) is 78.2 Å². The zero-order valence-electron chi connectivity index (χ0n) is 13.9. The van der Waals surface area contributed by atoms with Gasteiger partial charge in [-0.15, -0.1) is 0 Å². The fraction of sp³-hybridized carbons (Fsp3) is 0. The molecule has 3 aromatic rings. The molecule has 3 rings (SSSR count). The molecule has 0 radical (unpaired) electrons. The molecule has 0 aliphatic rings.